The van der Waals surface area contributed by atoms with Crippen molar-refractivity contribution >= 4 is 0 Å². The molecular weight excluding hydrogens is 194 g/mol. The van der Waals surface area contributed by atoms with Gasteiger partial charge in [0.05, 0.1) is 0 Å². The van der Waals surface area contributed by atoms with Gasteiger partial charge in [0.15, 0.2) is 0 Å². The Bertz CT molecular complexity index is 239. The predicted molar refractivity (Wildman–Crippen MR) is 66.1 cm³/mol. The van der Waals surface area contributed by atoms with Gasteiger partial charge in [-0.2, -0.15) is 0 Å². The predicted octanol–water partition coefficient (Wildman–Crippen LogP) is 3.06. The average Bonchev–Trinajstić information content (AvgIpc) is 2.75. The van der Waals surface area contributed by atoms with E-state index in [-0.39, 0.29) is 0 Å². The van der Waals surface area contributed by atoms with E-state index in [0.717, 1.165) is 35.5 Å². The summed E-state index contributed by atoms with van der Waals surface area (Å²) in [6, 6.07) is 0. The molecule has 1 heterocycles. The third-order valence-electron chi connectivity index (χ3n) is 6.19. The Morgan fingerprint density at radius 3 is 2.12 bits per heavy atom. The largest absolute Gasteiger partial charge is 0.316 e. The molecule has 1 unspecified atom stereocenters. The van der Waals surface area contributed by atoms with E-state index in [4.69, 9.17) is 0 Å². The molecule has 1 atom stereocenters. The first-order valence-electron chi connectivity index (χ1n) is 7.59. The Morgan fingerprint density at radius 2 is 1.56 bits per heavy atom. The van der Waals surface area contributed by atoms with E-state index >= 15 is 0 Å². The molecule has 0 aromatic rings. The lowest BCUT2D eigenvalue weighted by molar-refractivity contribution is -0.0447. The van der Waals surface area contributed by atoms with Crippen LogP contribution < -0.4 is 5.32 Å². The molecule has 0 radical (unpaired) electrons. The van der Waals surface area contributed by atoms with Gasteiger partial charge in [-0.3, -0.25) is 0 Å². The first-order valence-corrected chi connectivity index (χ1v) is 7.59. The molecule has 1 aliphatic heterocycles. The Hall–Kier alpha value is -0.0400. The maximum absolute atomic E-state index is 3.55. The summed E-state index contributed by atoms with van der Waals surface area (Å²) < 4.78 is 0. The number of hydrogen-bond acceptors (Lipinski definition) is 1. The van der Waals surface area contributed by atoms with Crippen LogP contribution in [-0.4, -0.2) is 13.1 Å². The van der Waals surface area contributed by atoms with E-state index < -0.39 is 0 Å². The second-order valence-electron chi connectivity index (χ2n) is 7.19. The van der Waals surface area contributed by atoms with Crippen molar-refractivity contribution in [3.63, 3.8) is 0 Å². The molecule has 4 saturated carbocycles. The highest BCUT2D eigenvalue weighted by atomic mass is 14.9. The minimum Gasteiger partial charge on any atom is -0.316 e. The smallest absolute Gasteiger partial charge is 0.00199 e. The van der Waals surface area contributed by atoms with Crippen LogP contribution >= 0.6 is 0 Å². The molecule has 1 N–H and O–H groups in total. The van der Waals surface area contributed by atoms with Crippen molar-refractivity contribution in [1.82, 2.24) is 5.32 Å². The van der Waals surface area contributed by atoms with E-state index in [2.05, 4.69) is 5.32 Å². The van der Waals surface area contributed by atoms with Crippen molar-refractivity contribution in [2.45, 2.75) is 44.9 Å². The summed E-state index contributed by atoms with van der Waals surface area (Å²) in [5.74, 6) is 6.77. The summed E-state index contributed by atoms with van der Waals surface area (Å²) >= 11 is 0. The van der Waals surface area contributed by atoms with Gasteiger partial charge in [-0.05, 0) is 93.5 Å². The molecule has 4 aliphatic carbocycles. The first kappa shape index (κ1) is 9.94. The van der Waals surface area contributed by atoms with Gasteiger partial charge in [-0.25, -0.2) is 0 Å². The molecular formula is C15H25N. The lowest BCUT2D eigenvalue weighted by Crippen LogP contribution is -2.45. The molecule has 16 heavy (non-hydrogen) atoms. The van der Waals surface area contributed by atoms with E-state index in [1.54, 1.807) is 38.5 Å². The normalized spacial score (nSPS) is 54.8. The molecule has 0 aromatic carbocycles. The lowest BCUT2D eigenvalue weighted by Gasteiger charge is -2.55. The average molecular weight is 219 g/mol. The highest BCUT2D eigenvalue weighted by Gasteiger charge is 2.48. The van der Waals surface area contributed by atoms with Crippen molar-refractivity contribution in [3.8, 4) is 0 Å². The number of rotatable bonds is 2. The van der Waals surface area contributed by atoms with E-state index in [1.807, 2.05) is 0 Å². The van der Waals surface area contributed by atoms with Crippen LogP contribution in [0.5, 0.6) is 0 Å². The van der Waals surface area contributed by atoms with Crippen LogP contribution in [-0.2, 0) is 0 Å². The summed E-state index contributed by atoms with van der Waals surface area (Å²) in [4.78, 5) is 0. The summed E-state index contributed by atoms with van der Waals surface area (Å²) in [5, 5.41) is 3.55. The van der Waals surface area contributed by atoms with Crippen molar-refractivity contribution in [2.24, 2.45) is 35.5 Å². The van der Waals surface area contributed by atoms with E-state index in [9.17, 15) is 0 Å². The van der Waals surface area contributed by atoms with Crippen LogP contribution in [0.1, 0.15) is 44.9 Å². The highest BCUT2D eigenvalue weighted by molar-refractivity contribution is 4.98. The van der Waals surface area contributed by atoms with E-state index in [1.165, 1.54) is 19.5 Å². The minimum atomic E-state index is 1.03. The molecule has 0 amide bonds. The Morgan fingerprint density at radius 1 is 0.875 bits per heavy atom. The third kappa shape index (κ3) is 1.54. The molecule has 5 rings (SSSR count). The van der Waals surface area contributed by atoms with Crippen molar-refractivity contribution in [1.29, 1.82) is 0 Å². The van der Waals surface area contributed by atoms with Crippen LogP contribution in [0.25, 0.3) is 0 Å². The Balaban J connectivity index is 1.47. The fourth-order valence-corrected chi connectivity index (χ4v) is 5.72. The zero-order valence-corrected chi connectivity index (χ0v) is 10.3. The zero-order valence-electron chi connectivity index (χ0n) is 10.3. The van der Waals surface area contributed by atoms with Gasteiger partial charge in [0.1, 0.15) is 0 Å². The molecule has 1 heteroatoms. The van der Waals surface area contributed by atoms with Gasteiger partial charge < -0.3 is 5.32 Å². The fraction of sp³-hybridized carbons (Fsp3) is 1.00. The standard InChI is InChI=1S/C15H25N/c1-2-16-9-10(1)8-15-13-4-11-3-12(6-13)7-14(15)5-11/h10-16H,1-9H2. The van der Waals surface area contributed by atoms with Gasteiger partial charge >= 0.3 is 0 Å². The topological polar surface area (TPSA) is 12.0 Å². The molecule has 0 aromatic heterocycles. The van der Waals surface area contributed by atoms with Crippen molar-refractivity contribution < 1.29 is 0 Å². The van der Waals surface area contributed by atoms with Crippen LogP contribution in [0.4, 0.5) is 0 Å². The van der Waals surface area contributed by atoms with Crippen LogP contribution in [0.2, 0.25) is 0 Å². The maximum Gasteiger partial charge on any atom is -0.00199 e. The van der Waals surface area contributed by atoms with Crippen molar-refractivity contribution in [2.75, 3.05) is 13.1 Å². The molecule has 1 saturated heterocycles. The molecule has 5 aliphatic rings. The van der Waals surface area contributed by atoms with Gasteiger partial charge in [-0.15, -0.1) is 0 Å². The summed E-state index contributed by atoms with van der Waals surface area (Å²) in [6.07, 6.45) is 11.1. The van der Waals surface area contributed by atoms with E-state index in [0.29, 0.717) is 0 Å². The molecule has 5 fully saturated rings. The van der Waals surface area contributed by atoms with Gasteiger partial charge in [0.2, 0.25) is 0 Å². The zero-order chi connectivity index (χ0) is 10.5. The second-order valence-corrected chi connectivity index (χ2v) is 7.19. The SMILES string of the molecule is C1CC(CC2C3CC4CC(C3)CC2C4)CN1. The van der Waals surface area contributed by atoms with Crippen LogP contribution in [0.3, 0.4) is 0 Å². The van der Waals surface area contributed by atoms with Crippen LogP contribution in [0.15, 0.2) is 0 Å². The van der Waals surface area contributed by atoms with Crippen LogP contribution in [0, 0.1) is 35.5 Å². The minimum absolute atomic E-state index is 1.03. The van der Waals surface area contributed by atoms with Gasteiger partial charge in [-0.1, -0.05) is 0 Å². The first-order chi connectivity index (χ1) is 7.88. The highest BCUT2D eigenvalue weighted by Crippen LogP contribution is 2.58. The Labute approximate surface area is 99.4 Å². The quantitative estimate of drug-likeness (QED) is 0.752. The Kier molecular flexibility index (Phi) is 2.32. The third-order valence-corrected chi connectivity index (χ3v) is 6.19. The summed E-state index contributed by atoms with van der Waals surface area (Å²) in [7, 11) is 0. The number of hydrogen-bond donors (Lipinski definition) is 1. The fourth-order valence-electron chi connectivity index (χ4n) is 5.72. The molecule has 0 spiro atoms. The molecule has 4 bridgehead atoms. The van der Waals surface area contributed by atoms with Crippen molar-refractivity contribution in [3.05, 3.63) is 0 Å². The molecule has 1 nitrogen and oxygen atoms in total. The lowest BCUT2D eigenvalue weighted by atomic mass is 9.51. The van der Waals surface area contributed by atoms with Gasteiger partial charge in [0, 0.05) is 0 Å². The van der Waals surface area contributed by atoms with Gasteiger partial charge in [0.25, 0.3) is 0 Å². The summed E-state index contributed by atoms with van der Waals surface area (Å²) in [5.41, 5.74) is 0. The monoisotopic (exact) mass is 219 g/mol. The second kappa shape index (κ2) is 3.73. The summed E-state index contributed by atoms with van der Waals surface area (Å²) in [6.45, 7) is 2.61. The molecule has 90 valence electrons. The maximum atomic E-state index is 3.55. The number of nitrogens with one attached hydrogen (secondary N) is 1.